The number of benzene rings is 1. The van der Waals surface area contributed by atoms with Crippen LogP contribution in [0.15, 0.2) is 18.2 Å². The number of hydrogen-bond donors (Lipinski definition) is 2. The van der Waals surface area contributed by atoms with Crippen molar-refractivity contribution in [3.8, 4) is 0 Å². The minimum absolute atomic E-state index is 0.0670. The van der Waals surface area contributed by atoms with Crippen molar-refractivity contribution in [3.05, 3.63) is 29.3 Å². The first-order valence-corrected chi connectivity index (χ1v) is 7.24. The van der Waals surface area contributed by atoms with Crippen molar-refractivity contribution in [2.24, 2.45) is 0 Å². The lowest BCUT2D eigenvalue weighted by molar-refractivity contribution is -0.137. The van der Waals surface area contributed by atoms with Crippen molar-refractivity contribution in [2.75, 3.05) is 5.73 Å². The molecule has 4 amide bonds. The molecule has 1 aromatic carbocycles. The Labute approximate surface area is 133 Å². The van der Waals surface area contributed by atoms with Crippen LogP contribution in [0.1, 0.15) is 33.6 Å². The van der Waals surface area contributed by atoms with Crippen LogP contribution in [0.2, 0.25) is 0 Å². The van der Waals surface area contributed by atoms with Crippen LogP contribution in [0, 0.1) is 0 Å². The van der Waals surface area contributed by atoms with Gasteiger partial charge in [0.2, 0.25) is 5.91 Å². The third-order valence-electron chi connectivity index (χ3n) is 3.59. The van der Waals surface area contributed by atoms with Gasteiger partial charge in [0, 0.05) is 12.1 Å². The summed E-state index contributed by atoms with van der Waals surface area (Å²) >= 11 is 1.75. The largest absolute Gasteiger partial charge is 0.398 e. The molecule has 0 bridgehead atoms. The topological polar surface area (TPSA) is 110 Å². The van der Waals surface area contributed by atoms with Gasteiger partial charge in [-0.1, -0.05) is 6.07 Å². The molecule has 0 aromatic heterocycles. The van der Waals surface area contributed by atoms with E-state index in [-0.39, 0.29) is 29.7 Å². The molecule has 0 spiro atoms. The minimum Gasteiger partial charge on any atom is -0.398 e. The summed E-state index contributed by atoms with van der Waals surface area (Å²) in [4.78, 5) is 49.3. The van der Waals surface area contributed by atoms with E-state index in [9.17, 15) is 19.2 Å². The molecule has 1 saturated heterocycles. The zero-order valence-corrected chi connectivity index (χ0v) is 12.8. The number of carbonyl (C=O) groups is 4. The number of rotatable bonds is 1. The first-order valence-electron chi connectivity index (χ1n) is 6.17. The van der Waals surface area contributed by atoms with E-state index in [1.807, 2.05) is 0 Å². The van der Waals surface area contributed by atoms with Crippen molar-refractivity contribution in [2.45, 2.75) is 16.4 Å². The molecule has 1 unspecified atom stereocenters. The lowest BCUT2D eigenvalue weighted by Gasteiger charge is -2.36. The van der Waals surface area contributed by atoms with E-state index in [0.717, 1.165) is 4.90 Å². The van der Waals surface area contributed by atoms with E-state index in [0.29, 0.717) is 0 Å². The average Bonchev–Trinajstić information content (AvgIpc) is 2.68. The normalized spacial score (nSPS) is 25.1. The summed E-state index contributed by atoms with van der Waals surface area (Å²) in [6, 6.07) is 4.60. The highest BCUT2D eigenvalue weighted by Gasteiger charge is 2.54. The number of nitrogens with one attached hydrogen (secondary N) is 1. The SMILES string of the molecule is Nc1cccc2c1C(=O)N(C1(I)CCC(=O)NC1=O)C2=O. The smallest absolute Gasteiger partial charge is 0.265 e. The number of hydrogen-bond acceptors (Lipinski definition) is 5. The Morgan fingerprint density at radius 1 is 1.19 bits per heavy atom. The summed E-state index contributed by atoms with van der Waals surface area (Å²) in [6.45, 7) is 0. The molecule has 21 heavy (non-hydrogen) atoms. The van der Waals surface area contributed by atoms with Gasteiger partial charge < -0.3 is 5.73 Å². The van der Waals surface area contributed by atoms with E-state index in [2.05, 4.69) is 5.32 Å². The fourth-order valence-electron chi connectivity index (χ4n) is 2.52. The Morgan fingerprint density at radius 3 is 2.52 bits per heavy atom. The molecule has 2 heterocycles. The molecule has 3 N–H and O–H groups in total. The molecule has 1 fully saturated rings. The predicted octanol–water partition coefficient (Wildman–Crippen LogP) is 0.433. The average molecular weight is 399 g/mol. The zero-order chi connectivity index (χ0) is 15.4. The van der Waals surface area contributed by atoms with Crippen LogP contribution >= 0.6 is 22.6 Å². The van der Waals surface area contributed by atoms with E-state index < -0.39 is 27.2 Å². The predicted molar refractivity (Wildman–Crippen MR) is 80.5 cm³/mol. The van der Waals surface area contributed by atoms with Crippen LogP contribution in [0.25, 0.3) is 0 Å². The van der Waals surface area contributed by atoms with Gasteiger partial charge in [-0.25, -0.2) is 4.90 Å². The Bertz CT molecular complexity index is 717. The molecule has 1 aromatic rings. The molecule has 108 valence electrons. The maximum Gasteiger partial charge on any atom is 0.265 e. The lowest BCUT2D eigenvalue weighted by atomic mass is 10.0. The fraction of sp³-hybridized carbons (Fsp3) is 0.231. The first-order chi connectivity index (χ1) is 9.86. The highest BCUT2D eigenvalue weighted by Crippen LogP contribution is 2.40. The van der Waals surface area contributed by atoms with Gasteiger partial charge in [-0.2, -0.15) is 0 Å². The van der Waals surface area contributed by atoms with Crippen LogP contribution in [0.3, 0.4) is 0 Å². The second-order valence-corrected chi connectivity index (χ2v) is 6.64. The van der Waals surface area contributed by atoms with E-state index >= 15 is 0 Å². The first kappa shape index (κ1) is 14.0. The number of fused-ring (bicyclic) bond motifs is 1. The number of alkyl halides is 1. The van der Waals surface area contributed by atoms with Crippen LogP contribution < -0.4 is 11.1 Å². The fourth-order valence-corrected chi connectivity index (χ4v) is 3.37. The highest BCUT2D eigenvalue weighted by molar-refractivity contribution is 14.1. The van der Waals surface area contributed by atoms with Crippen LogP contribution in [-0.4, -0.2) is 32.1 Å². The standard InChI is InChI=1S/C13H10IN3O4/c14-13(5-4-8(18)16-12(13)21)17-10(19)6-2-1-3-7(15)9(6)11(17)20/h1-3H,4-5,15H2,(H,16,18,21). The Balaban J connectivity index is 2.08. The lowest BCUT2D eigenvalue weighted by Crippen LogP contribution is -2.60. The summed E-state index contributed by atoms with van der Waals surface area (Å²) in [5.41, 5.74) is 6.25. The number of nitrogen functional groups attached to an aromatic ring is 1. The number of halogens is 1. The summed E-state index contributed by atoms with van der Waals surface area (Å²) in [5, 5.41) is 2.17. The van der Waals surface area contributed by atoms with Crippen molar-refractivity contribution in [1.29, 1.82) is 0 Å². The minimum atomic E-state index is -1.41. The molecular formula is C13H10IN3O4. The monoisotopic (exact) mass is 399 g/mol. The molecule has 0 saturated carbocycles. The quantitative estimate of drug-likeness (QED) is 0.234. The van der Waals surface area contributed by atoms with Crippen molar-refractivity contribution in [1.82, 2.24) is 10.2 Å². The number of carbonyl (C=O) groups excluding carboxylic acids is 4. The number of nitrogens with two attached hydrogens (primary N) is 1. The van der Waals surface area contributed by atoms with Gasteiger partial charge >= 0.3 is 0 Å². The second-order valence-electron chi connectivity index (χ2n) is 4.85. The zero-order valence-electron chi connectivity index (χ0n) is 10.7. The molecule has 2 aliphatic rings. The molecule has 1 atom stereocenters. The highest BCUT2D eigenvalue weighted by atomic mass is 127. The molecular weight excluding hydrogens is 389 g/mol. The van der Waals surface area contributed by atoms with Crippen molar-refractivity contribution < 1.29 is 19.2 Å². The molecule has 7 nitrogen and oxygen atoms in total. The Hall–Kier alpha value is -1.97. The molecule has 2 aliphatic heterocycles. The van der Waals surface area contributed by atoms with Crippen molar-refractivity contribution in [3.63, 3.8) is 0 Å². The summed E-state index contributed by atoms with van der Waals surface area (Å²) < 4.78 is -1.41. The van der Waals surface area contributed by atoms with Gasteiger partial charge in [0.05, 0.1) is 11.1 Å². The van der Waals surface area contributed by atoms with Gasteiger partial charge in [0.15, 0.2) is 3.55 Å². The molecule has 0 radical (unpaired) electrons. The maximum absolute atomic E-state index is 12.5. The number of piperidine rings is 1. The van der Waals surface area contributed by atoms with E-state index in [1.165, 1.54) is 12.1 Å². The number of nitrogens with zero attached hydrogens (tertiary/aromatic N) is 1. The molecule has 8 heteroatoms. The molecule has 3 rings (SSSR count). The van der Waals surface area contributed by atoms with Gasteiger partial charge in [0.25, 0.3) is 17.7 Å². The van der Waals surface area contributed by atoms with Gasteiger partial charge in [-0.15, -0.1) is 0 Å². The number of amides is 4. The summed E-state index contributed by atoms with van der Waals surface area (Å²) in [5.74, 6) is -2.25. The Kier molecular flexibility index (Phi) is 3.01. The maximum atomic E-state index is 12.5. The van der Waals surface area contributed by atoms with Crippen LogP contribution in [0.4, 0.5) is 5.69 Å². The second kappa shape index (κ2) is 4.52. The van der Waals surface area contributed by atoms with Crippen molar-refractivity contribution >= 4 is 51.9 Å². The van der Waals surface area contributed by atoms with E-state index in [4.69, 9.17) is 5.73 Å². The summed E-state index contributed by atoms with van der Waals surface area (Å²) in [6.07, 6.45) is 0.154. The third kappa shape index (κ3) is 1.85. The Morgan fingerprint density at radius 2 is 1.90 bits per heavy atom. The number of imide groups is 2. The van der Waals surface area contributed by atoms with Gasteiger partial charge in [0.1, 0.15) is 0 Å². The van der Waals surface area contributed by atoms with E-state index in [1.54, 1.807) is 28.7 Å². The number of anilines is 1. The van der Waals surface area contributed by atoms with Crippen LogP contribution in [0.5, 0.6) is 0 Å². The third-order valence-corrected chi connectivity index (χ3v) is 5.10. The van der Waals surface area contributed by atoms with Gasteiger partial charge in [-0.3, -0.25) is 24.5 Å². The summed E-state index contributed by atoms with van der Waals surface area (Å²) in [7, 11) is 0. The molecule has 0 aliphatic carbocycles. The van der Waals surface area contributed by atoms with Crippen LogP contribution in [-0.2, 0) is 9.59 Å². The van der Waals surface area contributed by atoms with Gasteiger partial charge in [-0.05, 0) is 41.1 Å².